The molecule has 7 nitrogen and oxygen atoms in total. The average molecular weight is 344 g/mol. The van der Waals surface area contributed by atoms with Crippen LogP contribution in [0.25, 0.3) is 0 Å². The lowest BCUT2D eigenvalue weighted by molar-refractivity contribution is 0.277. The summed E-state index contributed by atoms with van der Waals surface area (Å²) in [4.78, 5) is 18.4. The third kappa shape index (κ3) is 5.63. The SMILES string of the molecule is CCCOc1ccc(/C=N\Nc2nc(CC)cc(=O)[nH]2)cc1OCC. The third-order valence-electron chi connectivity index (χ3n) is 3.27. The summed E-state index contributed by atoms with van der Waals surface area (Å²) in [6.45, 7) is 7.11. The summed E-state index contributed by atoms with van der Waals surface area (Å²) in [6, 6.07) is 7.08. The normalized spacial score (nSPS) is 10.8. The number of hydrogen-bond donors (Lipinski definition) is 2. The van der Waals surface area contributed by atoms with E-state index < -0.39 is 0 Å². The molecule has 0 saturated carbocycles. The van der Waals surface area contributed by atoms with E-state index in [9.17, 15) is 4.79 Å². The van der Waals surface area contributed by atoms with Gasteiger partial charge in [-0.05, 0) is 43.5 Å². The summed E-state index contributed by atoms with van der Waals surface area (Å²) >= 11 is 0. The number of ether oxygens (including phenoxy) is 2. The molecule has 1 aromatic heterocycles. The number of anilines is 1. The fraction of sp³-hybridized carbons (Fsp3) is 0.389. The molecule has 7 heteroatoms. The third-order valence-corrected chi connectivity index (χ3v) is 3.27. The Morgan fingerprint density at radius 3 is 2.76 bits per heavy atom. The molecule has 0 atom stereocenters. The molecular weight excluding hydrogens is 320 g/mol. The fourth-order valence-corrected chi connectivity index (χ4v) is 2.11. The molecule has 0 aliphatic heterocycles. The number of aromatic amines is 1. The van der Waals surface area contributed by atoms with Crippen molar-refractivity contribution < 1.29 is 9.47 Å². The summed E-state index contributed by atoms with van der Waals surface area (Å²) in [5.41, 5.74) is 4.08. The molecule has 25 heavy (non-hydrogen) atoms. The molecule has 0 unspecified atom stereocenters. The highest BCUT2D eigenvalue weighted by molar-refractivity contribution is 5.81. The minimum atomic E-state index is -0.208. The van der Waals surface area contributed by atoms with Crippen LogP contribution in [0.2, 0.25) is 0 Å². The molecule has 0 aliphatic carbocycles. The smallest absolute Gasteiger partial charge is 0.252 e. The largest absolute Gasteiger partial charge is 0.490 e. The molecule has 0 aliphatic rings. The number of hydrogen-bond acceptors (Lipinski definition) is 6. The standard InChI is InChI=1S/C18H24N4O3/c1-4-9-25-15-8-7-13(10-16(15)24-6-3)12-19-22-18-20-14(5-2)11-17(23)21-18/h7-8,10-12H,4-6,9H2,1-3H3,(H2,20,21,22,23)/b19-12-. The zero-order chi connectivity index (χ0) is 18.1. The van der Waals surface area contributed by atoms with Crippen molar-refractivity contribution in [1.29, 1.82) is 0 Å². The van der Waals surface area contributed by atoms with E-state index in [2.05, 4.69) is 27.4 Å². The highest BCUT2D eigenvalue weighted by Gasteiger charge is 2.05. The second kappa shape index (κ2) is 9.46. The maximum absolute atomic E-state index is 11.5. The van der Waals surface area contributed by atoms with Gasteiger partial charge in [0.05, 0.1) is 19.4 Å². The maximum Gasteiger partial charge on any atom is 0.252 e. The van der Waals surface area contributed by atoms with Crippen LogP contribution in [0.15, 0.2) is 34.2 Å². The Morgan fingerprint density at radius 2 is 2.04 bits per heavy atom. The summed E-state index contributed by atoms with van der Waals surface area (Å²) in [5, 5.41) is 4.12. The maximum atomic E-state index is 11.5. The number of aryl methyl sites for hydroxylation is 1. The van der Waals surface area contributed by atoms with E-state index in [1.807, 2.05) is 32.0 Å². The Balaban J connectivity index is 2.11. The van der Waals surface area contributed by atoms with Crippen LogP contribution in [0, 0.1) is 0 Å². The molecule has 0 saturated heterocycles. The number of H-pyrrole nitrogens is 1. The first-order valence-electron chi connectivity index (χ1n) is 8.45. The van der Waals surface area contributed by atoms with Crippen LogP contribution in [-0.4, -0.2) is 29.4 Å². The lowest BCUT2D eigenvalue weighted by atomic mass is 10.2. The lowest BCUT2D eigenvalue weighted by Gasteiger charge is -2.11. The van der Waals surface area contributed by atoms with E-state index in [1.165, 1.54) is 6.07 Å². The van der Waals surface area contributed by atoms with Crippen molar-refractivity contribution in [3.63, 3.8) is 0 Å². The fourth-order valence-electron chi connectivity index (χ4n) is 2.11. The molecule has 0 amide bonds. The second-order valence-corrected chi connectivity index (χ2v) is 5.30. The van der Waals surface area contributed by atoms with E-state index in [1.54, 1.807) is 6.21 Å². The van der Waals surface area contributed by atoms with Gasteiger partial charge in [-0.15, -0.1) is 0 Å². The minimum Gasteiger partial charge on any atom is -0.490 e. The van der Waals surface area contributed by atoms with Gasteiger partial charge in [-0.3, -0.25) is 9.78 Å². The molecule has 2 aromatic rings. The van der Waals surface area contributed by atoms with Crippen molar-refractivity contribution >= 4 is 12.2 Å². The van der Waals surface area contributed by atoms with Gasteiger partial charge in [-0.2, -0.15) is 5.10 Å². The van der Waals surface area contributed by atoms with Crippen LogP contribution in [0.5, 0.6) is 11.5 Å². The molecule has 0 radical (unpaired) electrons. The van der Waals surface area contributed by atoms with Crippen molar-refractivity contribution in [1.82, 2.24) is 9.97 Å². The van der Waals surface area contributed by atoms with Crippen molar-refractivity contribution in [3.8, 4) is 11.5 Å². The quantitative estimate of drug-likeness (QED) is 0.539. The number of rotatable bonds is 9. The molecular formula is C18H24N4O3. The molecule has 134 valence electrons. The van der Waals surface area contributed by atoms with Gasteiger partial charge in [0.2, 0.25) is 5.95 Å². The number of aromatic nitrogens is 2. The van der Waals surface area contributed by atoms with Crippen LogP contribution in [0.4, 0.5) is 5.95 Å². The van der Waals surface area contributed by atoms with Gasteiger partial charge in [-0.1, -0.05) is 13.8 Å². The number of nitrogens with one attached hydrogen (secondary N) is 2. The minimum absolute atomic E-state index is 0.208. The molecule has 1 aromatic carbocycles. The van der Waals surface area contributed by atoms with Crippen LogP contribution in [0.1, 0.15) is 38.4 Å². The highest BCUT2D eigenvalue weighted by atomic mass is 16.5. The Bertz CT molecular complexity index is 771. The van der Waals surface area contributed by atoms with Crippen LogP contribution >= 0.6 is 0 Å². The Labute approximate surface area is 147 Å². The van der Waals surface area contributed by atoms with Crippen LogP contribution in [0.3, 0.4) is 0 Å². The molecule has 0 fully saturated rings. The number of hydrazone groups is 1. The van der Waals surface area contributed by atoms with Gasteiger partial charge >= 0.3 is 0 Å². The van der Waals surface area contributed by atoms with E-state index in [4.69, 9.17) is 9.47 Å². The van der Waals surface area contributed by atoms with E-state index in [-0.39, 0.29) is 5.56 Å². The topological polar surface area (TPSA) is 88.6 Å². The summed E-state index contributed by atoms with van der Waals surface area (Å²) < 4.78 is 11.3. The average Bonchev–Trinajstić information content (AvgIpc) is 2.61. The van der Waals surface area contributed by atoms with E-state index >= 15 is 0 Å². The van der Waals surface area contributed by atoms with Crippen LogP contribution in [-0.2, 0) is 6.42 Å². The highest BCUT2D eigenvalue weighted by Crippen LogP contribution is 2.28. The molecule has 0 bridgehead atoms. The Morgan fingerprint density at radius 1 is 1.20 bits per heavy atom. The summed E-state index contributed by atoms with van der Waals surface area (Å²) in [5.74, 6) is 1.71. The first-order valence-corrected chi connectivity index (χ1v) is 8.45. The van der Waals surface area contributed by atoms with Crippen molar-refractivity contribution in [2.24, 2.45) is 5.10 Å². The van der Waals surface area contributed by atoms with Crippen molar-refractivity contribution in [3.05, 3.63) is 45.9 Å². The Hall–Kier alpha value is -2.83. The van der Waals surface area contributed by atoms with E-state index in [0.29, 0.717) is 37.0 Å². The predicted molar refractivity (Wildman–Crippen MR) is 98.8 cm³/mol. The first-order chi connectivity index (χ1) is 12.2. The van der Waals surface area contributed by atoms with Gasteiger partial charge in [0, 0.05) is 11.8 Å². The van der Waals surface area contributed by atoms with Gasteiger partial charge in [0.15, 0.2) is 11.5 Å². The number of benzene rings is 1. The van der Waals surface area contributed by atoms with Gasteiger partial charge in [0.1, 0.15) is 0 Å². The zero-order valence-electron chi connectivity index (χ0n) is 14.8. The molecule has 2 rings (SSSR count). The van der Waals surface area contributed by atoms with Crippen LogP contribution < -0.4 is 20.5 Å². The van der Waals surface area contributed by atoms with E-state index in [0.717, 1.165) is 17.7 Å². The van der Waals surface area contributed by atoms with Gasteiger partial charge in [0.25, 0.3) is 5.56 Å². The lowest BCUT2D eigenvalue weighted by Crippen LogP contribution is -2.11. The molecule has 1 heterocycles. The summed E-state index contributed by atoms with van der Waals surface area (Å²) in [6.07, 6.45) is 3.24. The summed E-state index contributed by atoms with van der Waals surface area (Å²) in [7, 11) is 0. The monoisotopic (exact) mass is 344 g/mol. The first kappa shape index (κ1) is 18.5. The Kier molecular flexibility index (Phi) is 7.00. The van der Waals surface area contributed by atoms with Crippen molar-refractivity contribution in [2.75, 3.05) is 18.6 Å². The van der Waals surface area contributed by atoms with Gasteiger partial charge < -0.3 is 9.47 Å². The predicted octanol–water partition coefficient (Wildman–Crippen LogP) is 2.97. The number of nitrogens with zero attached hydrogens (tertiary/aromatic N) is 2. The molecule has 0 spiro atoms. The van der Waals surface area contributed by atoms with Gasteiger partial charge in [-0.25, -0.2) is 10.4 Å². The van der Waals surface area contributed by atoms with Crippen molar-refractivity contribution in [2.45, 2.75) is 33.6 Å². The molecule has 2 N–H and O–H groups in total. The second-order valence-electron chi connectivity index (χ2n) is 5.30. The zero-order valence-corrected chi connectivity index (χ0v) is 14.8.